The van der Waals surface area contributed by atoms with Crippen molar-refractivity contribution in [3.05, 3.63) is 46.5 Å². The first-order chi connectivity index (χ1) is 11.9. The largest absolute Gasteiger partial charge is 0.344 e. The van der Waals surface area contributed by atoms with E-state index in [1.54, 1.807) is 6.07 Å². The summed E-state index contributed by atoms with van der Waals surface area (Å²) in [5.41, 5.74) is 2.88. The molecule has 0 bridgehead atoms. The number of hydrogen-bond acceptors (Lipinski definition) is 3. The molecule has 4 rings (SSSR count). The number of nitrogens with zero attached hydrogens (tertiary/aromatic N) is 3. The van der Waals surface area contributed by atoms with Gasteiger partial charge in [-0.2, -0.15) is 0 Å². The Bertz CT molecular complexity index is 1060. The van der Waals surface area contributed by atoms with Crippen molar-refractivity contribution in [2.24, 2.45) is 7.05 Å². The summed E-state index contributed by atoms with van der Waals surface area (Å²) in [6, 6.07) is 9.30. The molecule has 0 atom stereocenters. The monoisotopic (exact) mass is 391 g/mol. The Morgan fingerprint density at radius 3 is 2.42 bits per heavy atom. The van der Waals surface area contributed by atoms with Gasteiger partial charge in [-0.25, -0.2) is 0 Å². The number of benzene rings is 2. The van der Waals surface area contributed by atoms with Crippen LogP contribution < -0.4 is 0 Å². The number of halogens is 2. The van der Waals surface area contributed by atoms with E-state index < -0.39 is 0 Å². The fourth-order valence-corrected chi connectivity index (χ4v) is 3.72. The van der Waals surface area contributed by atoms with Crippen LogP contribution in [0.15, 0.2) is 30.3 Å². The zero-order valence-electron chi connectivity index (χ0n) is 14.7. The second-order valence-corrected chi connectivity index (χ2v) is 7.10. The fourth-order valence-electron chi connectivity index (χ4n) is 3.55. The van der Waals surface area contributed by atoms with E-state index in [4.69, 9.17) is 11.6 Å². The number of aryl methyl sites for hydroxylation is 1. The highest BCUT2D eigenvalue weighted by Gasteiger charge is 2.37. The number of carbonyl (C=O) groups excluding carboxylic acids is 2. The predicted octanol–water partition coefficient (Wildman–Crippen LogP) is 3.56. The van der Waals surface area contributed by atoms with Crippen LogP contribution in [0.5, 0.6) is 0 Å². The lowest BCUT2D eigenvalue weighted by Gasteiger charge is -2.16. The molecule has 2 aromatic carbocycles. The minimum atomic E-state index is -0.222. The van der Waals surface area contributed by atoms with Crippen LogP contribution in [0.4, 0.5) is 0 Å². The van der Waals surface area contributed by atoms with E-state index in [-0.39, 0.29) is 24.2 Å². The van der Waals surface area contributed by atoms with E-state index in [2.05, 4.69) is 0 Å². The lowest BCUT2D eigenvalue weighted by atomic mass is 10.0. The molecule has 0 fully saturated rings. The summed E-state index contributed by atoms with van der Waals surface area (Å²) in [6.07, 6.45) is 0. The zero-order chi connectivity index (χ0) is 17.9. The Balaban J connectivity index is 0.00000196. The maximum Gasteiger partial charge on any atom is 0.262 e. The molecule has 0 unspecified atom stereocenters. The molecular formula is C19H19Cl2N3O2. The van der Waals surface area contributed by atoms with Gasteiger partial charge in [0.2, 0.25) is 0 Å². The third-order valence-corrected chi connectivity index (χ3v) is 5.07. The Hall–Kier alpha value is -2.08. The molecule has 26 heavy (non-hydrogen) atoms. The SMILES string of the molecule is CN(C)CCN1C(=O)c2ccc3c(c2C1=O)c1cc(Cl)ccc1n3C.Cl. The fraction of sp³-hybridized carbons (Fsp3) is 0.263. The van der Waals surface area contributed by atoms with Crippen LogP contribution >= 0.6 is 24.0 Å². The smallest absolute Gasteiger partial charge is 0.262 e. The summed E-state index contributed by atoms with van der Waals surface area (Å²) in [7, 11) is 5.79. The van der Waals surface area contributed by atoms with Crippen LogP contribution in [0.2, 0.25) is 5.02 Å². The Morgan fingerprint density at radius 1 is 1.04 bits per heavy atom. The van der Waals surface area contributed by atoms with Gasteiger partial charge in [-0.3, -0.25) is 14.5 Å². The topological polar surface area (TPSA) is 45.6 Å². The van der Waals surface area contributed by atoms with Gasteiger partial charge in [0.25, 0.3) is 11.8 Å². The first-order valence-electron chi connectivity index (χ1n) is 8.11. The van der Waals surface area contributed by atoms with Gasteiger partial charge in [0.05, 0.1) is 11.1 Å². The zero-order valence-corrected chi connectivity index (χ0v) is 16.3. The molecule has 1 aromatic heterocycles. The summed E-state index contributed by atoms with van der Waals surface area (Å²) in [5.74, 6) is -0.442. The molecule has 0 aliphatic carbocycles. The number of hydrogen-bond donors (Lipinski definition) is 0. The van der Waals surface area contributed by atoms with Gasteiger partial charge in [-0.1, -0.05) is 11.6 Å². The van der Waals surface area contributed by atoms with Crippen molar-refractivity contribution in [1.29, 1.82) is 0 Å². The van der Waals surface area contributed by atoms with E-state index in [0.29, 0.717) is 29.2 Å². The summed E-state index contributed by atoms with van der Waals surface area (Å²) in [4.78, 5) is 29.0. The van der Waals surface area contributed by atoms with Gasteiger partial charge in [0.15, 0.2) is 0 Å². The van der Waals surface area contributed by atoms with Crippen LogP contribution in [0, 0.1) is 0 Å². The van der Waals surface area contributed by atoms with Crippen LogP contribution in [0.3, 0.4) is 0 Å². The molecule has 0 spiro atoms. The molecule has 2 heterocycles. The van der Waals surface area contributed by atoms with Gasteiger partial charge < -0.3 is 9.47 Å². The van der Waals surface area contributed by atoms with Gasteiger partial charge in [0, 0.05) is 47.0 Å². The molecule has 2 amide bonds. The highest BCUT2D eigenvalue weighted by Crippen LogP contribution is 2.37. The minimum absolute atomic E-state index is 0. The molecule has 0 saturated carbocycles. The minimum Gasteiger partial charge on any atom is -0.344 e. The quantitative estimate of drug-likeness (QED) is 0.641. The van der Waals surface area contributed by atoms with Crippen molar-refractivity contribution in [1.82, 2.24) is 14.4 Å². The molecule has 7 heteroatoms. The maximum atomic E-state index is 13.0. The molecule has 0 radical (unpaired) electrons. The lowest BCUT2D eigenvalue weighted by molar-refractivity contribution is 0.0645. The predicted molar refractivity (Wildman–Crippen MR) is 107 cm³/mol. The Kier molecular flexibility index (Phi) is 4.73. The van der Waals surface area contributed by atoms with Crippen molar-refractivity contribution in [3.63, 3.8) is 0 Å². The number of likely N-dealkylation sites (N-methyl/N-ethyl adjacent to an activating group) is 1. The van der Waals surface area contributed by atoms with E-state index in [9.17, 15) is 9.59 Å². The molecule has 0 saturated heterocycles. The molecule has 1 aliphatic rings. The summed E-state index contributed by atoms with van der Waals surface area (Å²) < 4.78 is 2.03. The van der Waals surface area contributed by atoms with Crippen molar-refractivity contribution in [2.75, 3.05) is 27.2 Å². The Labute approximate surface area is 162 Å². The normalized spacial score (nSPS) is 13.8. The Morgan fingerprint density at radius 2 is 1.73 bits per heavy atom. The number of imide groups is 1. The molecule has 0 N–H and O–H groups in total. The van der Waals surface area contributed by atoms with Crippen LogP contribution in [-0.4, -0.2) is 53.4 Å². The molecule has 5 nitrogen and oxygen atoms in total. The molecule has 136 valence electrons. The summed E-state index contributed by atoms with van der Waals surface area (Å²) in [5, 5.41) is 2.32. The van der Waals surface area contributed by atoms with E-state index in [1.165, 1.54) is 4.90 Å². The second kappa shape index (κ2) is 6.58. The van der Waals surface area contributed by atoms with Crippen molar-refractivity contribution >= 4 is 57.6 Å². The highest BCUT2D eigenvalue weighted by atomic mass is 35.5. The van der Waals surface area contributed by atoms with Crippen LogP contribution in [-0.2, 0) is 7.05 Å². The first-order valence-corrected chi connectivity index (χ1v) is 8.49. The van der Waals surface area contributed by atoms with Crippen LogP contribution in [0.1, 0.15) is 20.7 Å². The average molecular weight is 392 g/mol. The van der Waals surface area contributed by atoms with Gasteiger partial charge in [-0.15, -0.1) is 12.4 Å². The standard InChI is InChI=1S/C19H18ClN3O2.ClH/c1-21(2)8-9-23-18(24)12-5-7-15-16(17(12)19(23)25)13-10-11(20)4-6-14(13)22(15)3;/h4-7,10H,8-9H2,1-3H3;1H. The number of amides is 2. The van der Waals surface area contributed by atoms with E-state index in [0.717, 1.165) is 21.8 Å². The van der Waals surface area contributed by atoms with Gasteiger partial charge >= 0.3 is 0 Å². The number of rotatable bonds is 3. The van der Waals surface area contributed by atoms with Gasteiger partial charge in [-0.05, 0) is 44.4 Å². The van der Waals surface area contributed by atoms with Gasteiger partial charge in [0.1, 0.15) is 0 Å². The molecule has 3 aromatic rings. The van der Waals surface area contributed by atoms with E-state index >= 15 is 0 Å². The third-order valence-electron chi connectivity index (χ3n) is 4.84. The average Bonchev–Trinajstić information content (AvgIpc) is 2.98. The lowest BCUT2D eigenvalue weighted by Crippen LogP contribution is -2.35. The molecular weight excluding hydrogens is 373 g/mol. The van der Waals surface area contributed by atoms with E-state index in [1.807, 2.05) is 54.9 Å². The maximum absolute atomic E-state index is 13.0. The number of aromatic nitrogens is 1. The number of carbonyl (C=O) groups is 2. The summed E-state index contributed by atoms with van der Waals surface area (Å²) in [6.45, 7) is 1.02. The van der Waals surface area contributed by atoms with Crippen LogP contribution in [0.25, 0.3) is 21.8 Å². The second-order valence-electron chi connectivity index (χ2n) is 6.67. The number of fused-ring (bicyclic) bond motifs is 5. The molecule has 1 aliphatic heterocycles. The van der Waals surface area contributed by atoms with Crippen molar-refractivity contribution in [3.8, 4) is 0 Å². The first kappa shape index (κ1) is 18.7. The summed E-state index contributed by atoms with van der Waals surface area (Å²) >= 11 is 6.18. The third kappa shape index (κ3) is 2.58. The highest BCUT2D eigenvalue weighted by molar-refractivity contribution is 6.33. The van der Waals surface area contributed by atoms with Crippen molar-refractivity contribution in [2.45, 2.75) is 0 Å². The van der Waals surface area contributed by atoms with Crippen molar-refractivity contribution < 1.29 is 9.59 Å².